The maximum absolute atomic E-state index is 11.0. The molecule has 0 aromatic heterocycles. The Morgan fingerprint density at radius 3 is 2.38 bits per heavy atom. The van der Waals surface area contributed by atoms with Gasteiger partial charge < -0.3 is 20.9 Å². The van der Waals surface area contributed by atoms with Gasteiger partial charge in [0, 0.05) is 45.8 Å². The highest BCUT2D eigenvalue weighted by molar-refractivity contribution is 5.72. The molecule has 2 amide bonds. The first-order chi connectivity index (χ1) is 7.75. The fourth-order valence-corrected chi connectivity index (χ4v) is 2.59. The van der Waals surface area contributed by atoms with Gasteiger partial charge in [0.1, 0.15) is 0 Å². The second-order valence-corrected chi connectivity index (χ2v) is 4.82. The van der Waals surface area contributed by atoms with Crippen molar-refractivity contribution < 1.29 is 4.79 Å². The largest absolute Gasteiger partial charge is 0.351 e. The Hall–Kier alpha value is -0.810. The second kappa shape index (κ2) is 5.50. The van der Waals surface area contributed by atoms with E-state index in [1.807, 2.05) is 0 Å². The second-order valence-electron chi connectivity index (χ2n) is 4.82. The first-order valence-electron chi connectivity index (χ1n) is 6.23. The molecule has 5 nitrogen and oxygen atoms in total. The van der Waals surface area contributed by atoms with E-state index in [0.717, 1.165) is 58.0 Å². The van der Waals surface area contributed by atoms with E-state index in [4.69, 9.17) is 5.73 Å². The molecule has 2 fully saturated rings. The topological polar surface area (TPSA) is 61.6 Å². The van der Waals surface area contributed by atoms with E-state index in [1.54, 1.807) is 4.90 Å². The van der Waals surface area contributed by atoms with Crippen LogP contribution in [0.1, 0.15) is 12.8 Å². The zero-order chi connectivity index (χ0) is 11.4. The number of carbonyl (C=O) groups excluding carboxylic acids is 1. The molecule has 0 aromatic carbocycles. The number of likely N-dealkylation sites (tertiary alicyclic amines) is 1. The average Bonchev–Trinajstić information content (AvgIpc) is 2.31. The lowest BCUT2D eigenvalue weighted by molar-refractivity contribution is 0.144. The van der Waals surface area contributed by atoms with Crippen LogP contribution in [0.3, 0.4) is 0 Å². The van der Waals surface area contributed by atoms with Crippen LogP contribution in [0, 0.1) is 5.92 Å². The molecule has 0 spiro atoms. The predicted octanol–water partition coefficient (Wildman–Crippen LogP) is -0.318. The third kappa shape index (κ3) is 3.09. The molecule has 0 unspecified atom stereocenters. The molecule has 92 valence electrons. The van der Waals surface area contributed by atoms with Gasteiger partial charge in [-0.15, -0.1) is 0 Å². The fraction of sp³-hybridized carbons (Fsp3) is 0.909. The standard InChI is InChI=1S/C11H22N4O/c12-11(16)15-5-1-10(2-6-15)9-14-7-3-13-4-8-14/h10,13H,1-9H2,(H2,12,16). The molecular weight excluding hydrogens is 204 g/mol. The van der Waals surface area contributed by atoms with Crippen molar-refractivity contribution in [3.8, 4) is 0 Å². The van der Waals surface area contributed by atoms with E-state index in [9.17, 15) is 4.79 Å². The summed E-state index contributed by atoms with van der Waals surface area (Å²) >= 11 is 0. The van der Waals surface area contributed by atoms with Crippen LogP contribution in [0.15, 0.2) is 0 Å². The molecule has 0 bridgehead atoms. The van der Waals surface area contributed by atoms with Crippen LogP contribution in [0.4, 0.5) is 4.79 Å². The van der Waals surface area contributed by atoms with Crippen molar-refractivity contribution in [1.82, 2.24) is 15.1 Å². The lowest BCUT2D eigenvalue weighted by Crippen LogP contribution is -2.48. The summed E-state index contributed by atoms with van der Waals surface area (Å²) in [5, 5.41) is 3.36. The van der Waals surface area contributed by atoms with Crippen LogP contribution in [0.2, 0.25) is 0 Å². The van der Waals surface area contributed by atoms with Crippen LogP contribution in [-0.2, 0) is 0 Å². The first kappa shape index (κ1) is 11.7. The Bertz CT molecular complexity index is 232. The van der Waals surface area contributed by atoms with E-state index in [1.165, 1.54) is 6.54 Å². The fourth-order valence-electron chi connectivity index (χ4n) is 2.59. The molecule has 2 heterocycles. The normalized spacial score (nSPS) is 24.6. The van der Waals surface area contributed by atoms with Gasteiger partial charge in [-0.05, 0) is 18.8 Å². The summed E-state index contributed by atoms with van der Waals surface area (Å²) in [6.45, 7) is 7.42. The number of rotatable bonds is 2. The quantitative estimate of drug-likeness (QED) is 0.678. The minimum atomic E-state index is -0.263. The Balaban J connectivity index is 1.70. The van der Waals surface area contributed by atoms with Crippen molar-refractivity contribution >= 4 is 6.03 Å². The summed E-state index contributed by atoms with van der Waals surface area (Å²) in [4.78, 5) is 15.3. The van der Waals surface area contributed by atoms with Crippen molar-refractivity contribution in [3.63, 3.8) is 0 Å². The van der Waals surface area contributed by atoms with Crippen molar-refractivity contribution in [2.45, 2.75) is 12.8 Å². The minimum absolute atomic E-state index is 0.263. The monoisotopic (exact) mass is 226 g/mol. The van der Waals surface area contributed by atoms with Gasteiger partial charge in [0.15, 0.2) is 0 Å². The van der Waals surface area contributed by atoms with Gasteiger partial charge in [-0.1, -0.05) is 0 Å². The maximum atomic E-state index is 11.0. The molecule has 3 N–H and O–H groups in total. The lowest BCUT2D eigenvalue weighted by Gasteiger charge is -2.35. The molecule has 0 aliphatic carbocycles. The predicted molar refractivity (Wildman–Crippen MR) is 63.2 cm³/mol. The van der Waals surface area contributed by atoms with Crippen LogP contribution >= 0.6 is 0 Å². The summed E-state index contributed by atoms with van der Waals surface area (Å²) in [5.74, 6) is 0.744. The van der Waals surface area contributed by atoms with Gasteiger partial charge >= 0.3 is 6.03 Å². The van der Waals surface area contributed by atoms with Gasteiger partial charge in [-0.2, -0.15) is 0 Å². The number of hydrogen-bond donors (Lipinski definition) is 2. The highest BCUT2D eigenvalue weighted by Crippen LogP contribution is 2.18. The maximum Gasteiger partial charge on any atom is 0.314 e. The van der Waals surface area contributed by atoms with Crippen LogP contribution in [0.5, 0.6) is 0 Å². The molecule has 2 rings (SSSR count). The number of primary amides is 1. The van der Waals surface area contributed by atoms with Gasteiger partial charge in [0.05, 0.1) is 0 Å². The molecule has 2 aliphatic heterocycles. The van der Waals surface area contributed by atoms with Crippen molar-refractivity contribution in [1.29, 1.82) is 0 Å². The van der Waals surface area contributed by atoms with Gasteiger partial charge in [0.2, 0.25) is 0 Å². The molecular formula is C11H22N4O. The number of hydrogen-bond acceptors (Lipinski definition) is 3. The average molecular weight is 226 g/mol. The van der Waals surface area contributed by atoms with E-state index >= 15 is 0 Å². The molecule has 2 aliphatic rings. The number of carbonyl (C=O) groups is 1. The van der Waals surface area contributed by atoms with E-state index in [2.05, 4.69) is 10.2 Å². The molecule has 5 heteroatoms. The lowest BCUT2D eigenvalue weighted by atomic mass is 9.96. The third-order valence-electron chi connectivity index (χ3n) is 3.65. The van der Waals surface area contributed by atoms with Crippen molar-refractivity contribution in [2.24, 2.45) is 11.7 Å². The third-order valence-corrected chi connectivity index (χ3v) is 3.65. The number of nitrogens with zero attached hydrogens (tertiary/aromatic N) is 2. The number of urea groups is 1. The van der Waals surface area contributed by atoms with E-state index in [-0.39, 0.29) is 6.03 Å². The summed E-state index contributed by atoms with van der Waals surface area (Å²) in [6, 6.07) is -0.263. The van der Waals surface area contributed by atoms with Crippen LogP contribution < -0.4 is 11.1 Å². The van der Waals surface area contributed by atoms with Crippen LogP contribution in [0.25, 0.3) is 0 Å². The molecule has 0 radical (unpaired) electrons. The summed E-state index contributed by atoms with van der Waals surface area (Å²) < 4.78 is 0. The summed E-state index contributed by atoms with van der Waals surface area (Å²) in [7, 11) is 0. The Kier molecular flexibility index (Phi) is 4.01. The summed E-state index contributed by atoms with van der Waals surface area (Å²) in [5.41, 5.74) is 5.27. The zero-order valence-electron chi connectivity index (χ0n) is 9.82. The number of nitrogens with one attached hydrogen (secondary N) is 1. The number of amides is 2. The molecule has 2 saturated heterocycles. The Morgan fingerprint density at radius 1 is 1.19 bits per heavy atom. The number of piperazine rings is 1. The van der Waals surface area contributed by atoms with Crippen LogP contribution in [-0.4, -0.2) is 61.6 Å². The SMILES string of the molecule is NC(=O)N1CCC(CN2CCNCC2)CC1. The smallest absolute Gasteiger partial charge is 0.314 e. The highest BCUT2D eigenvalue weighted by atomic mass is 16.2. The van der Waals surface area contributed by atoms with Crippen molar-refractivity contribution in [3.05, 3.63) is 0 Å². The van der Waals surface area contributed by atoms with Gasteiger partial charge in [-0.3, -0.25) is 0 Å². The van der Waals surface area contributed by atoms with Gasteiger partial charge in [0.25, 0.3) is 0 Å². The first-order valence-corrected chi connectivity index (χ1v) is 6.23. The minimum Gasteiger partial charge on any atom is -0.351 e. The highest BCUT2D eigenvalue weighted by Gasteiger charge is 2.23. The number of nitrogens with two attached hydrogens (primary N) is 1. The summed E-state index contributed by atoms with van der Waals surface area (Å²) in [6.07, 6.45) is 2.21. The van der Waals surface area contributed by atoms with Gasteiger partial charge in [-0.25, -0.2) is 4.79 Å². The Morgan fingerprint density at radius 2 is 1.81 bits per heavy atom. The molecule has 0 aromatic rings. The van der Waals surface area contributed by atoms with E-state index < -0.39 is 0 Å². The van der Waals surface area contributed by atoms with E-state index in [0.29, 0.717) is 0 Å². The Labute approximate surface area is 96.9 Å². The molecule has 0 atom stereocenters. The molecule has 0 saturated carbocycles. The van der Waals surface area contributed by atoms with Crippen molar-refractivity contribution in [2.75, 3.05) is 45.8 Å². The molecule has 16 heavy (non-hydrogen) atoms. The number of piperidine rings is 1. The zero-order valence-corrected chi connectivity index (χ0v) is 9.82.